The van der Waals surface area contributed by atoms with Crippen LogP contribution in [0.25, 0.3) is 0 Å². The zero-order valence-corrected chi connectivity index (χ0v) is 31.0. The number of rotatable bonds is 17. The Hall–Kier alpha value is -4.81. The monoisotopic (exact) mass is 755 g/mol. The molecule has 3 aliphatic rings. The summed E-state index contributed by atoms with van der Waals surface area (Å²) in [7, 11) is 1.49. The van der Waals surface area contributed by atoms with E-state index in [0.29, 0.717) is 41.1 Å². The van der Waals surface area contributed by atoms with Gasteiger partial charge in [-0.05, 0) is 54.7 Å². The van der Waals surface area contributed by atoms with Crippen LogP contribution in [0.1, 0.15) is 49.0 Å². The van der Waals surface area contributed by atoms with E-state index < -0.39 is 72.2 Å². The SMILES string of the molecule is C=CCCC(=O)N[C@@H](COC)[C@@H](OC(=O)[C@@H]1[C@@H]2CC[C@]3(O2)[C@H](C(=O)N(CC=C)c2ccc(Cl)cc2)N([C@H](CO)c2ccccc2)C(=O)[C@@H]13)c1ccccc1. The molecule has 0 unspecified atom stereocenters. The van der Waals surface area contributed by atoms with Crippen molar-refractivity contribution >= 4 is 41.0 Å². The van der Waals surface area contributed by atoms with Gasteiger partial charge in [0.25, 0.3) is 5.91 Å². The standard InChI is InChI=1S/C42H46ClN3O8/c1-4-6-17-34(48)44-31(26-52-3)37(28-15-11-8-12-16-28)53-41(51)35-33-22-23-42(54-33)36(35)39(49)46(32(25-47)27-13-9-7-10-14-27)38(42)40(50)45(24-5-2)30-20-18-29(43)19-21-30/h4-5,7-16,18-21,31-33,35-38,47H,1-2,6,17,22-26H2,3H3,(H,44,48)/t31-,32+,33-,35+,36+,37-,38-,42+/m0/s1. The number of nitrogens with zero attached hydrogens (tertiary/aromatic N) is 2. The second-order valence-corrected chi connectivity index (χ2v) is 14.3. The Kier molecular flexibility index (Phi) is 12.3. The molecule has 0 radical (unpaired) electrons. The number of aliphatic hydroxyl groups is 1. The van der Waals surface area contributed by atoms with Crippen molar-refractivity contribution in [3.8, 4) is 0 Å². The molecule has 1 spiro atoms. The lowest BCUT2D eigenvalue weighted by Gasteiger charge is -2.39. The van der Waals surface area contributed by atoms with Crippen LogP contribution in [-0.4, -0.2) is 84.4 Å². The number of carbonyl (C=O) groups excluding carboxylic acids is 4. The summed E-state index contributed by atoms with van der Waals surface area (Å²) in [4.78, 5) is 60.6. The molecular weight excluding hydrogens is 710 g/mol. The first-order valence-corrected chi connectivity index (χ1v) is 18.5. The minimum Gasteiger partial charge on any atom is -0.455 e. The van der Waals surface area contributed by atoms with Crippen molar-refractivity contribution in [2.24, 2.45) is 11.8 Å². The molecule has 12 heteroatoms. The summed E-state index contributed by atoms with van der Waals surface area (Å²) >= 11 is 6.20. The van der Waals surface area contributed by atoms with E-state index in [2.05, 4.69) is 18.5 Å². The van der Waals surface area contributed by atoms with Gasteiger partial charge in [-0.1, -0.05) is 84.4 Å². The van der Waals surface area contributed by atoms with Gasteiger partial charge in [-0.15, -0.1) is 13.2 Å². The normalized spacial score (nSPS) is 24.3. The average Bonchev–Trinajstić information content (AvgIpc) is 3.84. The third kappa shape index (κ3) is 7.46. The van der Waals surface area contributed by atoms with Gasteiger partial charge >= 0.3 is 5.97 Å². The number of allylic oxidation sites excluding steroid dienone is 1. The molecule has 2 bridgehead atoms. The zero-order chi connectivity index (χ0) is 38.4. The van der Waals surface area contributed by atoms with Crippen LogP contribution in [-0.2, 0) is 33.4 Å². The predicted octanol–water partition coefficient (Wildman–Crippen LogP) is 5.35. The van der Waals surface area contributed by atoms with Crippen LogP contribution >= 0.6 is 11.6 Å². The van der Waals surface area contributed by atoms with Crippen molar-refractivity contribution in [2.45, 2.75) is 61.6 Å². The van der Waals surface area contributed by atoms with E-state index >= 15 is 9.59 Å². The molecule has 11 nitrogen and oxygen atoms in total. The van der Waals surface area contributed by atoms with Crippen molar-refractivity contribution < 1.29 is 38.5 Å². The Balaban J connectivity index is 1.40. The highest BCUT2D eigenvalue weighted by atomic mass is 35.5. The maximum Gasteiger partial charge on any atom is 0.313 e. The molecule has 3 saturated heterocycles. The Labute approximate surface area is 320 Å². The van der Waals surface area contributed by atoms with Gasteiger partial charge in [0.15, 0.2) is 0 Å². The fraction of sp³-hybridized carbons (Fsp3) is 0.381. The van der Waals surface area contributed by atoms with Gasteiger partial charge in [-0.2, -0.15) is 0 Å². The number of methoxy groups -OCH3 is 1. The number of benzene rings is 3. The van der Waals surface area contributed by atoms with Crippen LogP contribution in [0.4, 0.5) is 5.69 Å². The van der Waals surface area contributed by atoms with Crippen molar-refractivity contribution in [3.05, 3.63) is 126 Å². The summed E-state index contributed by atoms with van der Waals surface area (Å²) in [5.74, 6) is -4.05. The molecule has 3 fully saturated rings. The quantitative estimate of drug-likeness (QED) is 0.139. The highest BCUT2D eigenvalue weighted by Gasteiger charge is 2.76. The minimum absolute atomic E-state index is 0.0347. The Morgan fingerprint density at radius 2 is 1.70 bits per heavy atom. The van der Waals surface area contributed by atoms with Crippen LogP contribution in [0.15, 0.2) is 110 Å². The van der Waals surface area contributed by atoms with Gasteiger partial charge in [0, 0.05) is 30.8 Å². The number of carbonyl (C=O) groups is 4. The Bertz CT molecular complexity index is 1830. The lowest BCUT2D eigenvalue weighted by atomic mass is 9.70. The lowest BCUT2D eigenvalue weighted by molar-refractivity contribution is -0.163. The highest BCUT2D eigenvalue weighted by Crippen LogP contribution is 2.60. The van der Waals surface area contributed by atoms with E-state index in [1.807, 2.05) is 12.1 Å². The van der Waals surface area contributed by atoms with Crippen molar-refractivity contribution in [2.75, 3.05) is 31.8 Å². The number of likely N-dealkylation sites (tertiary alicyclic amines) is 1. The Morgan fingerprint density at radius 3 is 2.31 bits per heavy atom. The van der Waals surface area contributed by atoms with Gasteiger partial charge in [-0.25, -0.2) is 0 Å². The van der Waals surface area contributed by atoms with Crippen LogP contribution < -0.4 is 10.2 Å². The van der Waals surface area contributed by atoms with Crippen LogP contribution in [0.5, 0.6) is 0 Å². The molecule has 8 atom stereocenters. The molecule has 54 heavy (non-hydrogen) atoms. The average molecular weight is 756 g/mol. The first-order valence-electron chi connectivity index (χ1n) is 18.2. The summed E-state index contributed by atoms with van der Waals surface area (Å²) in [6, 6.07) is 21.9. The van der Waals surface area contributed by atoms with Gasteiger partial charge in [0.1, 0.15) is 17.7 Å². The van der Waals surface area contributed by atoms with Crippen molar-refractivity contribution in [1.29, 1.82) is 0 Å². The molecule has 6 rings (SSSR count). The number of anilines is 1. The molecule has 0 aromatic heterocycles. The number of aliphatic hydroxyl groups excluding tert-OH is 1. The van der Waals surface area contributed by atoms with Gasteiger partial charge in [-0.3, -0.25) is 19.2 Å². The van der Waals surface area contributed by atoms with E-state index in [0.717, 1.165) is 0 Å². The third-order valence-electron chi connectivity index (χ3n) is 10.7. The molecule has 0 saturated carbocycles. The number of amides is 3. The molecule has 3 aromatic rings. The second-order valence-electron chi connectivity index (χ2n) is 13.8. The van der Waals surface area contributed by atoms with E-state index in [1.165, 1.54) is 16.9 Å². The molecule has 3 aromatic carbocycles. The predicted molar refractivity (Wildman–Crippen MR) is 203 cm³/mol. The molecular formula is C42H46ClN3O8. The number of nitrogens with one attached hydrogen (secondary N) is 1. The summed E-state index contributed by atoms with van der Waals surface area (Å²) in [5.41, 5.74) is 0.376. The van der Waals surface area contributed by atoms with Crippen LogP contribution in [0, 0.1) is 11.8 Å². The highest BCUT2D eigenvalue weighted by molar-refractivity contribution is 6.30. The molecule has 3 amide bonds. The summed E-state index contributed by atoms with van der Waals surface area (Å²) in [6.07, 6.45) is 2.93. The molecule has 3 aliphatic heterocycles. The van der Waals surface area contributed by atoms with Gasteiger partial charge in [0.2, 0.25) is 11.8 Å². The first-order chi connectivity index (χ1) is 26.2. The summed E-state index contributed by atoms with van der Waals surface area (Å²) in [6.45, 7) is 7.23. The fourth-order valence-corrected chi connectivity index (χ4v) is 8.48. The van der Waals surface area contributed by atoms with Crippen LogP contribution in [0.3, 0.4) is 0 Å². The lowest BCUT2D eigenvalue weighted by Crippen LogP contribution is -2.57. The number of halogens is 1. The second kappa shape index (κ2) is 17.1. The van der Waals surface area contributed by atoms with E-state index in [1.54, 1.807) is 84.9 Å². The number of fused-ring (bicyclic) bond motifs is 1. The largest absolute Gasteiger partial charge is 0.455 e. The third-order valence-corrected chi connectivity index (χ3v) is 10.9. The van der Waals surface area contributed by atoms with Gasteiger partial charge in [0.05, 0.1) is 43.2 Å². The first kappa shape index (κ1) is 38.9. The number of ether oxygens (including phenoxy) is 3. The Morgan fingerprint density at radius 1 is 1.04 bits per heavy atom. The minimum atomic E-state index is -1.40. The van der Waals surface area contributed by atoms with Crippen molar-refractivity contribution in [3.63, 3.8) is 0 Å². The maximum atomic E-state index is 15.0. The molecule has 0 aliphatic carbocycles. The molecule has 3 heterocycles. The molecule has 2 N–H and O–H groups in total. The zero-order valence-electron chi connectivity index (χ0n) is 30.2. The van der Waals surface area contributed by atoms with Crippen LogP contribution in [0.2, 0.25) is 5.02 Å². The fourth-order valence-electron chi connectivity index (χ4n) is 8.35. The van der Waals surface area contributed by atoms with E-state index in [4.69, 9.17) is 25.8 Å². The number of hydrogen-bond acceptors (Lipinski definition) is 8. The smallest absolute Gasteiger partial charge is 0.313 e. The van der Waals surface area contributed by atoms with E-state index in [9.17, 15) is 14.7 Å². The topological polar surface area (TPSA) is 135 Å². The molecule has 284 valence electrons. The maximum absolute atomic E-state index is 15.0. The summed E-state index contributed by atoms with van der Waals surface area (Å²) in [5, 5.41) is 14.3. The summed E-state index contributed by atoms with van der Waals surface area (Å²) < 4.78 is 18.5. The van der Waals surface area contributed by atoms with Crippen molar-refractivity contribution in [1.82, 2.24) is 10.2 Å². The number of esters is 1. The number of hydrogen-bond donors (Lipinski definition) is 2. The van der Waals surface area contributed by atoms with E-state index in [-0.39, 0.29) is 25.5 Å². The van der Waals surface area contributed by atoms with Gasteiger partial charge < -0.3 is 34.4 Å².